The van der Waals surface area contributed by atoms with Gasteiger partial charge in [0.25, 0.3) is 0 Å². The van der Waals surface area contributed by atoms with Crippen molar-refractivity contribution >= 4 is 27.0 Å². The van der Waals surface area contributed by atoms with Crippen LogP contribution in [0.3, 0.4) is 0 Å². The Kier molecular flexibility index (Phi) is 5.84. The number of aromatic hydroxyl groups is 1. The third kappa shape index (κ3) is 4.61. The van der Waals surface area contributed by atoms with E-state index < -0.39 is 0 Å². The van der Waals surface area contributed by atoms with E-state index in [2.05, 4.69) is 15.9 Å². The Morgan fingerprint density at radius 3 is 2.42 bits per heavy atom. The zero-order valence-electron chi connectivity index (χ0n) is 17.6. The van der Waals surface area contributed by atoms with Gasteiger partial charge in [-0.25, -0.2) is 9.37 Å². The van der Waals surface area contributed by atoms with Crippen LogP contribution in [-0.4, -0.2) is 14.7 Å². The summed E-state index contributed by atoms with van der Waals surface area (Å²) in [5, 5.41) is 10.6. The lowest BCUT2D eigenvalue weighted by Crippen LogP contribution is -2.02. The van der Waals surface area contributed by atoms with E-state index in [1.54, 1.807) is 18.2 Å². The summed E-state index contributed by atoms with van der Waals surface area (Å²) in [7, 11) is 0. The average Bonchev–Trinajstić information content (AvgIpc) is 3.17. The molecule has 1 heterocycles. The molecule has 0 aliphatic carbocycles. The Bertz CT molecular complexity index is 1420. The Hall–Kier alpha value is -3.64. The molecule has 5 rings (SSSR count). The van der Waals surface area contributed by atoms with Gasteiger partial charge in [0.1, 0.15) is 29.7 Å². The topological polar surface area (TPSA) is 47.3 Å². The molecule has 4 aromatic carbocycles. The largest absolute Gasteiger partial charge is 0.507 e. The molecule has 0 fully saturated rings. The number of halogens is 2. The molecule has 0 radical (unpaired) electrons. The maximum absolute atomic E-state index is 13.4. The SMILES string of the molecule is Oc1cc(Br)ccc1-c1nc2cc(OCc3ccccc3)ccc2n1Cc1ccc(F)cc1. The third-order valence-electron chi connectivity index (χ3n) is 5.42. The van der Waals surface area contributed by atoms with Crippen LogP contribution in [0.15, 0.2) is 95.5 Å². The molecule has 0 saturated carbocycles. The maximum atomic E-state index is 13.4. The quantitative estimate of drug-likeness (QED) is 0.273. The van der Waals surface area contributed by atoms with Gasteiger partial charge in [-0.3, -0.25) is 0 Å². The lowest BCUT2D eigenvalue weighted by molar-refractivity contribution is 0.306. The predicted octanol–water partition coefficient (Wildman–Crippen LogP) is 6.94. The fraction of sp³-hybridized carbons (Fsp3) is 0.0741. The number of imidazole rings is 1. The van der Waals surface area contributed by atoms with Gasteiger partial charge in [0.2, 0.25) is 0 Å². The highest BCUT2D eigenvalue weighted by Crippen LogP contribution is 2.34. The maximum Gasteiger partial charge on any atom is 0.145 e. The van der Waals surface area contributed by atoms with Gasteiger partial charge in [0.05, 0.1) is 16.6 Å². The number of aromatic nitrogens is 2. The fourth-order valence-electron chi connectivity index (χ4n) is 3.77. The van der Waals surface area contributed by atoms with E-state index >= 15 is 0 Å². The molecule has 0 unspecified atom stereocenters. The standard InChI is InChI=1S/C27H20BrFN2O2/c28-20-8-12-23(26(32)14-20)27-30-24-15-22(33-17-19-4-2-1-3-5-19)11-13-25(24)31(27)16-18-6-9-21(29)10-7-18/h1-15,32H,16-17H2. The smallest absolute Gasteiger partial charge is 0.145 e. The van der Waals surface area contributed by atoms with Crippen molar-refractivity contribution in [2.24, 2.45) is 0 Å². The Morgan fingerprint density at radius 2 is 1.67 bits per heavy atom. The molecule has 4 nitrogen and oxygen atoms in total. The Labute approximate surface area is 199 Å². The van der Waals surface area contributed by atoms with Crippen molar-refractivity contribution in [2.75, 3.05) is 0 Å². The Balaban J connectivity index is 1.56. The molecule has 33 heavy (non-hydrogen) atoms. The minimum Gasteiger partial charge on any atom is -0.507 e. The number of rotatable bonds is 6. The number of hydrogen-bond donors (Lipinski definition) is 1. The minimum absolute atomic E-state index is 0.126. The van der Waals surface area contributed by atoms with Gasteiger partial charge in [-0.05, 0) is 53.6 Å². The fourth-order valence-corrected chi connectivity index (χ4v) is 4.12. The summed E-state index contributed by atoms with van der Waals surface area (Å²) >= 11 is 3.39. The third-order valence-corrected chi connectivity index (χ3v) is 5.92. The van der Waals surface area contributed by atoms with E-state index in [0.717, 1.165) is 26.6 Å². The number of nitrogens with zero attached hydrogens (tertiary/aromatic N) is 2. The Morgan fingerprint density at radius 1 is 0.879 bits per heavy atom. The number of hydrogen-bond acceptors (Lipinski definition) is 3. The second-order valence-electron chi connectivity index (χ2n) is 7.73. The van der Waals surface area contributed by atoms with Crippen LogP contribution in [0.25, 0.3) is 22.4 Å². The van der Waals surface area contributed by atoms with Crippen LogP contribution in [0.5, 0.6) is 11.5 Å². The second-order valence-corrected chi connectivity index (χ2v) is 8.65. The highest BCUT2D eigenvalue weighted by Gasteiger charge is 2.17. The van der Waals surface area contributed by atoms with Gasteiger partial charge >= 0.3 is 0 Å². The molecule has 0 atom stereocenters. The van der Waals surface area contributed by atoms with Gasteiger partial charge in [-0.1, -0.05) is 58.4 Å². The zero-order chi connectivity index (χ0) is 22.8. The molecule has 164 valence electrons. The van der Waals surface area contributed by atoms with Crippen LogP contribution in [0.2, 0.25) is 0 Å². The van der Waals surface area contributed by atoms with Crippen LogP contribution >= 0.6 is 15.9 Å². The summed E-state index contributed by atoms with van der Waals surface area (Å²) in [6.45, 7) is 0.939. The van der Waals surface area contributed by atoms with Crippen molar-refractivity contribution in [3.63, 3.8) is 0 Å². The molecule has 0 spiro atoms. The molecular formula is C27H20BrFN2O2. The predicted molar refractivity (Wildman–Crippen MR) is 131 cm³/mol. The van der Waals surface area contributed by atoms with Crippen molar-refractivity contribution in [2.45, 2.75) is 13.2 Å². The normalized spacial score (nSPS) is 11.1. The lowest BCUT2D eigenvalue weighted by Gasteiger charge is -2.11. The van der Waals surface area contributed by atoms with Crippen LogP contribution in [-0.2, 0) is 13.2 Å². The first-order chi connectivity index (χ1) is 16.1. The van der Waals surface area contributed by atoms with E-state index in [0.29, 0.717) is 30.3 Å². The van der Waals surface area contributed by atoms with Crippen molar-refractivity contribution in [3.8, 4) is 22.9 Å². The molecule has 0 aliphatic rings. The second kappa shape index (κ2) is 9.08. The molecule has 1 aromatic heterocycles. The van der Waals surface area contributed by atoms with E-state index in [1.165, 1.54) is 12.1 Å². The highest BCUT2D eigenvalue weighted by molar-refractivity contribution is 9.10. The van der Waals surface area contributed by atoms with Gasteiger partial charge < -0.3 is 14.4 Å². The molecule has 0 bridgehead atoms. The van der Waals surface area contributed by atoms with Crippen LogP contribution in [0, 0.1) is 5.82 Å². The lowest BCUT2D eigenvalue weighted by atomic mass is 10.1. The van der Waals surface area contributed by atoms with E-state index in [4.69, 9.17) is 9.72 Å². The van der Waals surface area contributed by atoms with Crippen LogP contribution in [0.4, 0.5) is 4.39 Å². The molecule has 0 amide bonds. The highest BCUT2D eigenvalue weighted by atomic mass is 79.9. The summed E-state index contributed by atoms with van der Waals surface area (Å²) in [6, 6.07) is 27.5. The van der Waals surface area contributed by atoms with Gasteiger partial charge in [0.15, 0.2) is 0 Å². The summed E-state index contributed by atoms with van der Waals surface area (Å²) in [5.74, 6) is 1.18. The first kappa shape index (κ1) is 21.2. The van der Waals surface area contributed by atoms with Crippen LogP contribution in [0.1, 0.15) is 11.1 Å². The number of ether oxygens (including phenoxy) is 1. The minimum atomic E-state index is -0.278. The summed E-state index contributed by atoms with van der Waals surface area (Å²) in [5.41, 5.74) is 4.27. The van der Waals surface area contributed by atoms with E-state index in [9.17, 15) is 9.50 Å². The van der Waals surface area contributed by atoms with Crippen molar-refractivity contribution in [3.05, 3.63) is 112 Å². The summed E-state index contributed by atoms with van der Waals surface area (Å²) in [4.78, 5) is 4.84. The number of phenols is 1. The average molecular weight is 503 g/mol. The number of phenolic OH excluding ortho intramolecular Hbond substituents is 1. The molecular weight excluding hydrogens is 483 g/mol. The van der Waals surface area contributed by atoms with Crippen molar-refractivity contribution in [1.82, 2.24) is 9.55 Å². The van der Waals surface area contributed by atoms with E-state index in [-0.39, 0.29) is 11.6 Å². The van der Waals surface area contributed by atoms with Gasteiger partial charge in [-0.15, -0.1) is 0 Å². The van der Waals surface area contributed by atoms with Gasteiger partial charge in [-0.2, -0.15) is 0 Å². The molecule has 5 aromatic rings. The first-order valence-electron chi connectivity index (χ1n) is 10.5. The van der Waals surface area contributed by atoms with Crippen LogP contribution < -0.4 is 4.74 Å². The molecule has 1 N–H and O–H groups in total. The molecule has 0 saturated heterocycles. The van der Waals surface area contributed by atoms with Gasteiger partial charge in [0, 0.05) is 17.1 Å². The molecule has 6 heteroatoms. The zero-order valence-corrected chi connectivity index (χ0v) is 19.2. The number of benzene rings is 4. The summed E-state index contributed by atoms with van der Waals surface area (Å²) < 4.78 is 22.2. The molecule has 0 aliphatic heterocycles. The van der Waals surface area contributed by atoms with E-state index in [1.807, 2.05) is 65.2 Å². The first-order valence-corrected chi connectivity index (χ1v) is 11.3. The van der Waals surface area contributed by atoms with Crippen molar-refractivity contribution < 1.29 is 14.2 Å². The van der Waals surface area contributed by atoms with Crippen molar-refractivity contribution in [1.29, 1.82) is 0 Å². The monoisotopic (exact) mass is 502 g/mol. The number of fused-ring (bicyclic) bond motifs is 1. The summed E-state index contributed by atoms with van der Waals surface area (Å²) in [6.07, 6.45) is 0.